The zero-order valence-corrected chi connectivity index (χ0v) is 13.0. The van der Waals surface area contributed by atoms with Gasteiger partial charge in [0.1, 0.15) is 6.04 Å². The smallest absolute Gasteiger partial charge is 0.244 e. The maximum absolute atomic E-state index is 11.9. The van der Waals surface area contributed by atoms with E-state index in [0.717, 1.165) is 6.26 Å². The monoisotopic (exact) mass is 299 g/mol. The van der Waals surface area contributed by atoms with Crippen LogP contribution in [0.25, 0.3) is 0 Å². The number of hydrogen-bond donors (Lipinski definition) is 2. The molecular weight excluding hydrogens is 278 g/mol. The van der Waals surface area contributed by atoms with Gasteiger partial charge in [-0.1, -0.05) is 0 Å². The highest BCUT2D eigenvalue weighted by Gasteiger charge is 2.17. The van der Waals surface area contributed by atoms with Crippen molar-refractivity contribution in [3.63, 3.8) is 0 Å². The fourth-order valence-electron chi connectivity index (χ4n) is 1.68. The molecule has 1 atom stereocenters. The number of amides is 1. The molecule has 20 heavy (non-hydrogen) atoms. The standard InChI is InChI=1S/C13H21N3O3S/c1-5-16(3)13(17)9(2)15-12-7-6-10(8-11(12)14)20(4,18)19/h6-9,15H,5,14H2,1-4H3. The van der Waals surface area contributed by atoms with Gasteiger partial charge in [-0.3, -0.25) is 4.79 Å². The molecule has 0 aliphatic rings. The molecule has 0 saturated carbocycles. The number of benzene rings is 1. The number of carbonyl (C=O) groups is 1. The number of hydrogen-bond acceptors (Lipinski definition) is 5. The van der Waals surface area contributed by atoms with E-state index in [-0.39, 0.29) is 10.8 Å². The number of nitrogens with two attached hydrogens (primary N) is 1. The van der Waals surface area contributed by atoms with Crippen LogP contribution in [0.15, 0.2) is 23.1 Å². The Balaban J connectivity index is 2.92. The largest absolute Gasteiger partial charge is 0.397 e. The fourth-order valence-corrected chi connectivity index (χ4v) is 2.34. The number of anilines is 2. The van der Waals surface area contributed by atoms with Crippen LogP contribution in [-0.4, -0.2) is 45.1 Å². The minimum absolute atomic E-state index is 0.0564. The first-order chi connectivity index (χ1) is 9.16. The third-order valence-corrected chi connectivity index (χ3v) is 4.15. The average molecular weight is 299 g/mol. The normalized spacial score (nSPS) is 12.8. The lowest BCUT2D eigenvalue weighted by Crippen LogP contribution is -2.38. The van der Waals surface area contributed by atoms with E-state index in [9.17, 15) is 13.2 Å². The molecule has 0 fully saturated rings. The molecular formula is C13H21N3O3S. The zero-order valence-electron chi connectivity index (χ0n) is 12.2. The second-order valence-electron chi connectivity index (χ2n) is 4.74. The van der Waals surface area contributed by atoms with Gasteiger partial charge < -0.3 is 16.0 Å². The molecule has 0 aliphatic carbocycles. The van der Waals surface area contributed by atoms with Crippen LogP contribution in [0.1, 0.15) is 13.8 Å². The van der Waals surface area contributed by atoms with E-state index in [4.69, 9.17) is 5.73 Å². The van der Waals surface area contributed by atoms with Crippen LogP contribution >= 0.6 is 0 Å². The summed E-state index contributed by atoms with van der Waals surface area (Å²) in [7, 11) is -1.57. The minimum atomic E-state index is -3.29. The van der Waals surface area contributed by atoms with E-state index in [1.165, 1.54) is 12.1 Å². The predicted molar refractivity (Wildman–Crippen MR) is 80.4 cm³/mol. The summed E-state index contributed by atoms with van der Waals surface area (Å²) in [5.74, 6) is -0.0564. The van der Waals surface area contributed by atoms with Gasteiger partial charge in [-0.05, 0) is 32.0 Å². The van der Waals surface area contributed by atoms with Crippen molar-refractivity contribution in [2.75, 3.05) is 30.9 Å². The molecule has 0 bridgehead atoms. The van der Waals surface area contributed by atoms with Gasteiger partial charge in [-0.2, -0.15) is 0 Å². The van der Waals surface area contributed by atoms with Gasteiger partial charge in [-0.15, -0.1) is 0 Å². The van der Waals surface area contributed by atoms with Crippen molar-refractivity contribution >= 4 is 27.1 Å². The van der Waals surface area contributed by atoms with Gasteiger partial charge in [-0.25, -0.2) is 8.42 Å². The van der Waals surface area contributed by atoms with Gasteiger partial charge in [0.25, 0.3) is 0 Å². The third-order valence-electron chi connectivity index (χ3n) is 3.04. The molecule has 6 nitrogen and oxygen atoms in total. The molecule has 1 unspecified atom stereocenters. The van der Waals surface area contributed by atoms with Gasteiger partial charge in [0.05, 0.1) is 16.3 Å². The summed E-state index contributed by atoms with van der Waals surface area (Å²) in [5, 5.41) is 2.99. The molecule has 0 saturated heterocycles. The van der Waals surface area contributed by atoms with Crippen molar-refractivity contribution in [1.29, 1.82) is 0 Å². The Morgan fingerprint density at radius 3 is 2.50 bits per heavy atom. The number of nitrogens with one attached hydrogen (secondary N) is 1. The Kier molecular flexibility index (Phi) is 4.99. The number of carbonyl (C=O) groups excluding carboxylic acids is 1. The Morgan fingerprint density at radius 1 is 1.45 bits per heavy atom. The highest BCUT2D eigenvalue weighted by molar-refractivity contribution is 7.90. The van der Waals surface area contributed by atoms with Crippen molar-refractivity contribution in [2.45, 2.75) is 24.8 Å². The van der Waals surface area contributed by atoms with Gasteiger partial charge in [0.2, 0.25) is 5.91 Å². The highest BCUT2D eigenvalue weighted by Crippen LogP contribution is 2.23. The Bertz CT molecular complexity index is 599. The van der Waals surface area contributed by atoms with E-state index < -0.39 is 15.9 Å². The molecule has 0 spiro atoms. The summed E-state index contributed by atoms with van der Waals surface area (Å²) in [5.41, 5.74) is 6.67. The molecule has 0 aliphatic heterocycles. The predicted octanol–water partition coefficient (Wildman–Crippen LogP) is 0.951. The molecule has 1 aromatic carbocycles. The molecule has 1 amide bonds. The van der Waals surface area contributed by atoms with E-state index in [1.807, 2.05) is 6.92 Å². The summed E-state index contributed by atoms with van der Waals surface area (Å²) in [6.07, 6.45) is 1.12. The number of sulfone groups is 1. The van der Waals surface area contributed by atoms with Gasteiger partial charge in [0, 0.05) is 19.8 Å². The van der Waals surface area contributed by atoms with Crippen LogP contribution in [-0.2, 0) is 14.6 Å². The minimum Gasteiger partial charge on any atom is -0.397 e. The van der Waals surface area contributed by atoms with Crippen LogP contribution < -0.4 is 11.1 Å². The Labute approximate surface area is 119 Å². The van der Waals surface area contributed by atoms with E-state index in [1.54, 1.807) is 24.9 Å². The van der Waals surface area contributed by atoms with Crippen molar-refractivity contribution in [3.8, 4) is 0 Å². The van der Waals surface area contributed by atoms with Gasteiger partial charge in [0.15, 0.2) is 9.84 Å². The molecule has 1 rings (SSSR count). The first-order valence-corrected chi connectivity index (χ1v) is 8.17. The SMILES string of the molecule is CCN(C)C(=O)C(C)Nc1ccc(S(C)(=O)=O)cc1N. The van der Waals surface area contributed by atoms with Crippen molar-refractivity contribution in [2.24, 2.45) is 0 Å². The molecule has 1 aromatic rings. The van der Waals surface area contributed by atoms with Crippen molar-refractivity contribution < 1.29 is 13.2 Å². The van der Waals surface area contributed by atoms with Crippen LogP contribution in [0.5, 0.6) is 0 Å². The molecule has 0 radical (unpaired) electrons. The second kappa shape index (κ2) is 6.13. The zero-order chi connectivity index (χ0) is 15.5. The lowest BCUT2D eigenvalue weighted by Gasteiger charge is -2.22. The van der Waals surface area contributed by atoms with E-state index in [2.05, 4.69) is 5.32 Å². The average Bonchev–Trinajstić information content (AvgIpc) is 2.37. The molecule has 3 N–H and O–H groups in total. The van der Waals surface area contributed by atoms with Gasteiger partial charge >= 0.3 is 0 Å². The Morgan fingerprint density at radius 2 is 2.05 bits per heavy atom. The second-order valence-corrected chi connectivity index (χ2v) is 6.76. The van der Waals surface area contributed by atoms with Crippen LogP contribution in [0.4, 0.5) is 11.4 Å². The first-order valence-electron chi connectivity index (χ1n) is 6.28. The molecule has 7 heteroatoms. The molecule has 112 valence electrons. The number of nitrogens with zero attached hydrogens (tertiary/aromatic N) is 1. The number of nitrogen functional groups attached to an aromatic ring is 1. The quantitative estimate of drug-likeness (QED) is 0.790. The third kappa shape index (κ3) is 3.86. The molecule has 0 heterocycles. The number of rotatable bonds is 5. The Hall–Kier alpha value is -1.76. The van der Waals surface area contributed by atoms with Crippen LogP contribution in [0.2, 0.25) is 0 Å². The maximum Gasteiger partial charge on any atom is 0.244 e. The van der Waals surface area contributed by atoms with E-state index in [0.29, 0.717) is 17.9 Å². The van der Waals surface area contributed by atoms with E-state index >= 15 is 0 Å². The summed E-state index contributed by atoms with van der Waals surface area (Å²) in [4.78, 5) is 13.7. The summed E-state index contributed by atoms with van der Waals surface area (Å²) < 4.78 is 22.8. The lowest BCUT2D eigenvalue weighted by atomic mass is 10.2. The number of likely N-dealkylation sites (N-methyl/N-ethyl adjacent to an activating group) is 1. The van der Waals surface area contributed by atoms with Crippen LogP contribution in [0.3, 0.4) is 0 Å². The van der Waals surface area contributed by atoms with Crippen LogP contribution in [0, 0.1) is 0 Å². The van der Waals surface area contributed by atoms with Crippen molar-refractivity contribution in [1.82, 2.24) is 4.90 Å². The van der Waals surface area contributed by atoms with Crippen molar-refractivity contribution in [3.05, 3.63) is 18.2 Å². The summed E-state index contributed by atoms with van der Waals surface area (Å²) in [6.45, 7) is 4.24. The lowest BCUT2D eigenvalue weighted by molar-refractivity contribution is -0.130. The maximum atomic E-state index is 11.9. The summed E-state index contributed by atoms with van der Waals surface area (Å²) in [6, 6.07) is 3.99. The first kappa shape index (κ1) is 16.3. The topological polar surface area (TPSA) is 92.5 Å². The summed E-state index contributed by atoms with van der Waals surface area (Å²) >= 11 is 0. The molecule has 0 aromatic heterocycles. The fraction of sp³-hybridized carbons (Fsp3) is 0.462. The highest BCUT2D eigenvalue weighted by atomic mass is 32.2.